The Morgan fingerprint density at radius 3 is 2.33 bits per heavy atom. The van der Waals surface area contributed by atoms with Crippen LogP contribution < -0.4 is 0 Å². The molecule has 1 aliphatic carbocycles. The van der Waals surface area contributed by atoms with E-state index in [1.54, 1.807) is 0 Å². The molecular weight excluding hydrogens is 248 g/mol. The van der Waals surface area contributed by atoms with Crippen LogP contribution in [0.2, 0.25) is 0 Å². The van der Waals surface area contributed by atoms with Gasteiger partial charge in [-0.25, -0.2) is 0 Å². The van der Waals surface area contributed by atoms with Crippen LogP contribution in [0.15, 0.2) is 6.08 Å². The van der Waals surface area contributed by atoms with Crippen molar-refractivity contribution in [1.82, 2.24) is 0 Å². The van der Waals surface area contributed by atoms with Crippen LogP contribution in [0.1, 0.15) is 20.8 Å². The molecule has 1 saturated carbocycles. The number of rotatable bonds is 2. The zero-order chi connectivity index (χ0) is 8.65. The molecule has 2 atom stereocenters. The Kier molecular flexibility index (Phi) is 4.64. The van der Waals surface area contributed by atoms with Crippen LogP contribution in [-0.2, 0) is 37.5 Å². The maximum Gasteiger partial charge on any atom is 0.225 e. The van der Waals surface area contributed by atoms with Crippen LogP contribution in [0.3, 0.4) is 0 Å². The van der Waals surface area contributed by atoms with Crippen molar-refractivity contribution in [3.8, 4) is 0 Å². The third-order valence-electron chi connectivity index (χ3n) is 2.50. The number of hydrogen-bond donors (Lipinski definition) is 0. The summed E-state index contributed by atoms with van der Waals surface area (Å²) in [7, 11) is 0. The Hall–Kier alpha value is 0.804. The minimum absolute atomic E-state index is 0. The summed E-state index contributed by atoms with van der Waals surface area (Å²) in [4.78, 5) is 10.8. The van der Waals surface area contributed by atoms with Crippen molar-refractivity contribution in [3.63, 3.8) is 0 Å². The average Bonchev–Trinajstić information content (AvgIpc) is 2.35. The van der Waals surface area contributed by atoms with Gasteiger partial charge in [-0.05, 0) is 22.9 Å². The largest absolute Gasteiger partial charge is 0.503 e. The molecule has 0 aromatic carbocycles. The molecule has 0 saturated heterocycles. The quantitative estimate of drug-likeness (QED) is 0.550. The van der Waals surface area contributed by atoms with Crippen LogP contribution >= 0.6 is 11.6 Å². The van der Waals surface area contributed by atoms with E-state index in [0.717, 1.165) is 0 Å². The van der Waals surface area contributed by atoms with Gasteiger partial charge in [0.2, 0.25) is 5.24 Å². The fraction of sp³-hybridized carbons (Fsp3) is 0.667. The molecule has 0 heterocycles. The van der Waals surface area contributed by atoms with Crippen molar-refractivity contribution in [3.05, 3.63) is 12.2 Å². The Morgan fingerprint density at radius 1 is 1.58 bits per heavy atom. The molecule has 0 aliphatic heterocycles. The number of halogens is 1. The Labute approximate surface area is 104 Å². The maximum absolute atomic E-state index is 10.8. The molecule has 1 fully saturated rings. The fourth-order valence-corrected chi connectivity index (χ4v) is 2.02. The molecule has 1 nitrogen and oxygen atoms in total. The number of allylic oxidation sites excluding steroid dienone is 2. The Balaban J connectivity index is 0.00000121. The van der Waals surface area contributed by atoms with E-state index >= 15 is 0 Å². The maximum atomic E-state index is 10.8. The molecule has 1 rings (SSSR count). The summed E-state index contributed by atoms with van der Waals surface area (Å²) in [5.41, 5.74) is 0.0574. The number of carbonyl (C=O) groups excluding carboxylic acids is 1. The van der Waals surface area contributed by atoms with Crippen LogP contribution in [0, 0.1) is 23.3 Å². The van der Waals surface area contributed by atoms with Gasteiger partial charge in [0.1, 0.15) is 0 Å². The fourth-order valence-electron chi connectivity index (χ4n) is 1.60. The third-order valence-corrected chi connectivity index (χ3v) is 2.74. The van der Waals surface area contributed by atoms with Gasteiger partial charge >= 0.3 is 0 Å². The predicted octanol–water partition coefficient (Wildman–Crippen LogP) is 2.40. The molecule has 0 N–H and O–H groups in total. The summed E-state index contributed by atoms with van der Waals surface area (Å²) >= 11 is 5.40. The smallest absolute Gasteiger partial charge is 0.225 e. The molecule has 0 aromatic rings. The standard InChI is InChI=1S/C9H12ClO.Y/c1-4-5-6-7(8(10)11)9(6,2)3;/h5-7H,1-3H3;/q-1;/t6-,7-;/m1./s1. The molecule has 1 aliphatic rings. The van der Waals surface area contributed by atoms with E-state index in [9.17, 15) is 4.79 Å². The first-order valence-corrected chi connectivity index (χ1v) is 4.09. The molecule has 0 amide bonds. The molecular formula is C9H12ClOY-. The minimum atomic E-state index is -0.216. The molecule has 0 spiro atoms. The van der Waals surface area contributed by atoms with E-state index in [4.69, 9.17) is 11.6 Å². The molecule has 65 valence electrons. The van der Waals surface area contributed by atoms with E-state index < -0.39 is 0 Å². The second kappa shape index (κ2) is 4.35. The summed E-state index contributed by atoms with van der Waals surface area (Å²) in [5, 5.41) is -0.216. The van der Waals surface area contributed by atoms with Crippen LogP contribution in [0.4, 0.5) is 0 Å². The summed E-state index contributed by atoms with van der Waals surface area (Å²) in [6.45, 7) is 5.94. The van der Waals surface area contributed by atoms with Crippen LogP contribution in [0.5, 0.6) is 0 Å². The van der Waals surface area contributed by atoms with Gasteiger partial charge < -0.3 is 6.08 Å². The van der Waals surface area contributed by atoms with Gasteiger partial charge in [-0.3, -0.25) is 10.9 Å². The topological polar surface area (TPSA) is 17.1 Å². The van der Waals surface area contributed by atoms with Gasteiger partial charge in [-0.15, -0.1) is 0 Å². The second-order valence-corrected chi connectivity index (χ2v) is 3.96. The second-order valence-electron chi connectivity index (χ2n) is 3.58. The van der Waals surface area contributed by atoms with Crippen molar-refractivity contribution in [2.24, 2.45) is 17.3 Å². The number of carbonyl (C=O) groups is 1. The molecule has 1 radical (unpaired) electrons. The van der Waals surface area contributed by atoms with Crippen LogP contribution in [0.25, 0.3) is 0 Å². The Bertz CT molecular complexity index is 211. The van der Waals surface area contributed by atoms with Crippen molar-refractivity contribution in [2.75, 3.05) is 0 Å². The van der Waals surface area contributed by atoms with E-state index in [0.29, 0.717) is 5.92 Å². The zero-order valence-electron chi connectivity index (χ0n) is 7.60. The zero-order valence-corrected chi connectivity index (χ0v) is 11.2. The van der Waals surface area contributed by atoms with Gasteiger partial charge in [0, 0.05) is 38.6 Å². The first kappa shape index (κ1) is 12.8. The summed E-state index contributed by atoms with van der Waals surface area (Å²) < 4.78 is 0. The van der Waals surface area contributed by atoms with Crippen molar-refractivity contribution in [1.29, 1.82) is 0 Å². The summed E-state index contributed by atoms with van der Waals surface area (Å²) in [6.07, 6.45) is 4.87. The molecule has 0 unspecified atom stereocenters. The molecule has 0 bridgehead atoms. The van der Waals surface area contributed by atoms with E-state index in [-0.39, 0.29) is 49.3 Å². The minimum Gasteiger partial charge on any atom is -0.503 e. The normalized spacial score (nSPS) is 31.3. The van der Waals surface area contributed by atoms with Crippen molar-refractivity contribution in [2.45, 2.75) is 20.8 Å². The van der Waals surface area contributed by atoms with Crippen LogP contribution in [-0.4, -0.2) is 5.24 Å². The van der Waals surface area contributed by atoms with Gasteiger partial charge in [-0.1, -0.05) is 13.8 Å². The summed E-state index contributed by atoms with van der Waals surface area (Å²) in [6, 6.07) is 0. The van der Waals surface area contributed by atoms with Gasteiger partial charge in [-0.2, -0.15) is 6.92 Å². The SMILES string of the molecule is C[C-]=C[C@@H]1[C@H](C(=O)Cl)C1(C)C.[Y]. The molecule has 3 heteroatoms. The van der Waals surface area contributed by atoms with Gasteiger partial charge in [0.15, 0.2) is 0 Å². The molecule has 0 aromatic heterocycles. The van der Waals surface area contributed by atoms with Crippen molar-refractivity contribution >= 4 is 16.8 Å². The van der Waals surface area contributed by atoms with E-state index in [1.165, 1.54) is 0 Å². The Morgan fingerprint density at radius 2 is 2.08 bits per heavy atom. The average molecular weight is 261 g/mol. The first-order chi connectivity index (χ1) is 5.01. The first-order valence-electron chi connectivity index (χ1n) is 3.71. The monoisotopic (exact) mass is 260 g/mol. The predicted molar refractivity (Wildman–Crippen MR) is 45.1 cm³/mol. The number of hydrogen-bond acceptors (Lipinski definition) is 1. The van der Waals surface area contributed by atoms with Gasteiger partial charge in [0.05, 0.1) is 0 Å². The van der Waals surface area contributed by atoms with Crippen molar-refractivity contribution < 1.29 is 37.5 Å². The van der Waals surface area contributed by atoms with Gasteiger partial charge in [0.25, 0.3) is 0 Å². The third kappa shape index (κ3) is 2.18. The summed E-state index contributed by atoms with van der Waals surface area (Å²) in [5.74, 6) is 0.314. The van der Waals surface area contributed by atoms with E-state index in [1.807, 2.05) is 13.0 Å². The van der Waals surface area contributed by atoms with E-state index in [2.05, 4.69) is 19.9 Å². The molecule has 12 heavy (non-hydrogen) atoms.